The molecule has 0 atom stereocenters. The molecule has 0 aliphatic rings. The zero-order chi connectivity index (χ0) is 11.7. The van der Waals surface area contributed by atoms with Gasteiger partial charge in [-0.2, -0.15) is 0 Å². The average molecular weight is 257 g/mol. The zero-order valence-corrected chi connectivity index (χ0v) is 10.4. The molecule has 0 aliphatic heterocycles. The molecule has 0 saturated carbocycles. The zero-order valence-electron chi connectivity index (χ0n) is 8.87. The molecule has 2 rings (SSSR count). The van der Waals surface area contributed by atoms with Gasteiger partial charge in [0, 0.05) is 10.9 Å². The van der Waals surface area contributed by atoms with E-state index in [4.69, 9.17) is 27.6 Å². The van der Waals surface area contributed by atoms with Gasteiger partial charge >= 0.3 is 0 Å². The summed E-state index contributed by atoms with van der Waals surface area (Å²) in [6, 6.07) is 5.15. The highest BCUT2D eigenvalue weighted by atomic mass is 35.5. The summed E-state index contributed by atoms with van der Waals surface area (Å²) in [4.78, 5) is 0. The van der Waals surface area contributed by atoms with E-state index >= 15 is 0 Å². The molecule has 0 fully saturated rings. The van der Waals surface area contributed by atoms with Crippen LogP contribution in [0, 0.1) is 0 Å². The Bertz CT molecular complexity index is 508. The molecule has 0 N–H and O–H groups in total. The van der Waals surface area contributed by atoms with E-state index in [9.17, 15) is 0 Å². The fraction of sp³-hybridized carbons (Fsp3) is 0.273. The number of benzene rings is 1. The topological polar surface area (TPSA) is 38.9 Å². The van der Waals surface area contributed by atoms with E-state index in [2.05, 4.69) is 10.2 Å². The van der Waals surface area contributed by atoms with Crippen molar-refractivity contribution in [2.75, 3.05) is 0 Å². The van der Waals surface area contributed by atoms with Gasteiger partial charge in [0.15, 0.2) is 0 Å². The van der Waals surface area contributed by atoms with Crippen LogP contribution in [-0.2, 0) is 0 Å². The lowest BCUT2D eigenvalue weighted by atomic mass is 10.2. The maximum absolute atomic E-state index is 6.04. The standard InChI is InChI=1S/C11H10Cl2N2O/c1-6(2)10-14-15-11(16-10)8-4-3-7(12)5-9(8)13/h3-6H,1-2H3. The third kappa shape index (κ3) is 2.20. The van der Waals surface area contributed by atoms with Crippen molar-refractivity contribution in [2.24, 2.45) is 0 Å². The van der Waals surface area contributed by atoms with E-state index < -0.39 is 0 Å². The molecule has 3 nitrogen and oxygen atoms in total. The largest absolute Gasteiger partial charge is 0.420 e. The molecule has 2 aromatic rings. The first-order valence-corrected chi connectivity index (χ1v) is 5.62. The van der Waals surface area contributed by atoms with Gasteiger partial charge in [-0.05, 0) is 18.2 Å². The summed E-state index contributed by atoms with van der Waals surface area (Å²) >= 11 is 11.8. The van der Waals surface area contributed by atoms with E-state index in [0.29, 0.717) is 27.4 Å². The summed E-state index contributed by atoms with van der Waals surface area (Å²) in [6.07, 6.45) is 0. The molecule has 1 aromatic heterocycles. The van der Waals surface area contributed by atoms with Gasteiger partial charge in [-0.15, -0.1) is 10.2 Å². The van der Waals surface area contributed by atoms with Gasteiger partial charge in [0.05, 0.1) is 10.6 Å². The number of aromatic nitrogens is 2. The number of rotatable bonds is 2. The van der Waals surface area contributed by atoms with Crippen LogP contribution in [0.4, 0.5) is 0 Å². The van der Waals surface area contributed by atoms with Crippen LogP contribution in [-0.4, -0.2) is 10.2 Å². The second kappa shape index (κ2) is 4.44. The molecule has 0 saturated heterocycles. The van der Waals surface area contributed by atoms with E-state index in [1.54, 1.807) is 18.2 Å². The van der Waals surface area contributed by atoms with Crippen LogP contribution < -0.4 is 0 Å². The van der Waals surface area contributed by atoms with Crippen LogP contribution >= 0.6 is 23.2 Å². The van der Waals surface area contributed by atoms with Crippen molar-refractivity contribution in [2.45, 2.75) is 19.8 Å². The molecule has 0 amide bonds. The normalized spacial score (nSPS) is 11.1. The first-order valence-electron chi connectivity index (χ1n) is 4.86. The fourth-order valence-electron chi connectivity index (χ4n) is 1.24. The highest BCUT2D eigenvalue weighted by Crippen LogP contribution is 2.30. The van der Waals surface area contributed by atoms with Crippen molar-refractivity contribution in [3.8, 4) is 11.5 Å². The van der Waals surface area contributed by atoms with Crippen LogP contribution in [0.25, 0.3) is 11.5 Å². The summed E-state index contributed by atoms with van der Waals surface area (Å²) in [6.45, 7) is 3.97. The number of nitrogens with zero attached hydrogens (tertiary/aromatic N) is 2. The summed E-state index contributed by atoms with van der Waals surface area (Å²) in [5, 5.41) is 8.99. The number of hydrogen-bond acceptors (Lipinski definition) is 3. The Morgan fingerprint density at radius 3 is 2.50 bits per heavy atom. The maximum atomic E-state index is 6.04. The smallest absolute Gasteiger partial charge is 0.249 e. The molecule has 5 heteroatoms. The quantitative estimate of drug-likeness (QED) is 0.810. The summed E-state index contributed by atoms with van der Waals surface area (Å²) in [5.41, 5.74) is 0.700. The molecule has 1 heterocycles. The third-order valence-electron chi connectivity index (χ3n) is 2.10. The van der Waals surface area contributed by atoms with Gasteiger partial charge in [-0.25, -0.2) is 0 Å². The maximum Gasteiger partial charge on any atom is 0.249 e. The predicted octanol–water partition coefficient (Wildman–Crippen LogP) is 4.17. The second-order valence-corrected chi connectivity index (χ2v) is 4.57. The van der Waals surface area contributed by atoms with E-state index in [0.717, 1.165) is 0 Å². The second-order valence-electron chi connectivity index (χ2n) is 3.72. The molecule has 0 spiro atoms. The van der Waals surface area contributed by atoms with Gasteiger partial charge in [-0.3, -0.25) is 0 Å². The Balaban J connectivity index is 2.42. The van der Waals surface area contributed by atoms with Crippen molar-refractivity contribution in [3.63, 3.8) is 0 Å². The summed E-state index contributed by atoms with van der Waals surface area (Å²) in [5.74, 6) is 1.22. The van der Waals surface area contributed by atoms with Gasteiger partial charge < -0.3 is 4.42 Å². The predicted molar refractivity (Wildman–Crippen MR) is 63.8 cm³/mol. The molecule has 0 aliphatic carbocycles. The van der Waals surface area contributed by atoms with Crippen LogP contribution in [0.5, 0.6) is 0 Å². The van der Waals surface area contributed by atoms with Crippen molar-refractivity contribution >= 4 is 23.2 Å². The minimum atomic E-state index is 0.201. The van der Waals surface area contributed by atoms with Crippen LogP contribution in [0.3, 0.4) is 0 Å². The van der Waals surface area contributed by atoms with Gasteiger partial charge in [0.1, 0.15) is 0 Å². The third-order valence-corrected chi connectivity index (χ3v) is 2.64. The molecule has 1 aromatic carbocycles. The lowest BCUT2D eigenvalue weighted by molar-refractivity contribution is 0.481. The Labute approximate surface area is 103 Å². The molecule has 16 heavy (non-hydrogen) atoms. The molecular formula is C11H10Cl2N2O. The Kier molecular flexibility index (Phi) is 3.17. The average Bonchev–Trinajstić information content (AvgIpc) is 2.66. The van der Waals surface area contributed by atoms with E-state index in [-0.39, 0.29) is 5.92 Å². The van der Waals surface area contributed by atoms with Gasteiger partial charge in [0.25, 0.3) is 0 Å². The lowest BCUT2D eigenvalue weighted by Gasteiger charge is -1.99. The highest BCUT2D eigenvalue weighted by molar-refractivity contribution is 6.36. The highest BCUT2D eigenvalue weighted by Gasteiger charge is 2.13. The Hall–Kier alpha value is -1.06. The SMILES string of the molecule is CC(C)c1nnc(-c2ccc(Cl)cc2Cl)o1. The first kappa shape index (κ1) is 11.4. The molecule has 0 unspecified atom stereocenters. The van der Waals surface area contributed by atoms with Crippen LogP contribution in [0.15, 0.2) is 22.6 Å². The lowest BCUT2D eigenvalue weighted by Crippen LogP contribution is -1.85. The first-order chi connectivity index (χ1) is 7.58. The van der Waals surface area contributed by atoms with Crippen molar-refractivity contribution in [1.29, 1.82) is 0 Å². The van der Waals surface area contributed by atoms with Gasteiger partial charge in [-0.1, -0.05) is 37.0 Å². The fourth-order valence-corrected chi connectivity index (χ4v) is 1.73. The molecule has 84 valence electrons. The van der Waals surface area contributed by atoms with Crippen LogP contribution in [0.2, 0.25) is 10.0 Å². The summed E-state index contributed by atoms with van der Waals surface area (Å²) < 4.78 is 5.50. The molecule has 0 radical (unpaired) electrons. The molecular weight excluding hydrogens is 247 g/mol. The van der Waals surface area contributed by atoms with Crippen molar-refractivity contribution in [1.82, 2.24) is 10.2 Å². The van der Waals surface area contributed by atoms with Crippen molar-refractivity contribution < 1.29 is 4.42 Å². The Morgan fingerprint density at radius 1 is 1.19 bits per heavy atom. The minimum Gasteiger partial charge on any atom is -0.420 e. The number of halogens is 2. The number of hydrogen-bond donors (Lipinski definition) is 0. The van der Waals surface area contributed by atoms with Crippen LogP contribution in [0.1, 0.15) is 25.7 Å². The van der Waals surface area contributed by atoms with Gasteiger partial charge in [0.2, 0.25) is 11.8 Å². The summed E-state index contributed by atoms with van der Waals surface area (Å²) in [7, 11) is 0. The van der Waals surface area contributed by atoms with E-state index in [1.807, 2.05) is 13.8 Å². The molecule has 0 bridgehead atoms. The van der Waals surface area contributed by atoms with E-state index in [1.165, 1.54) is 0 Å². The Morgan fingerprint density at radius 2 is 1.94 bits per heavy atom. The minimum absolute atomic E-state index is 0.201. The monoisotopic (exact) mass is 256 g/mol. The van der Waals surface area contributed by atoms with Crippen molar-refractivity contribution in [3.05, 3.63) is 34.1 Å².